The van der Waals surface area contributed by atoms with Crippen LogP contribution in [0.1, 0.15) is 0 Å². The highest BCUT2D eigenvalue weighted by Crippen LogP contribution is 2.25. The van der Waals surface area contributed by atoms with Gasteiger partial charge in [0.05, 0.1) is 11.9 Å². The third kappa shape index (κ3) is 1.67. The summed E-state index contributed by atoms with van der Waals surface area (Å²) in [5.74, 6) is 0. The summed E-state index contributed by atoms with van der Waals surface area (Å²) in [5, 5.41) is 5.05. The van der Waals surface area contributed by atoms with Crippen LogP contribution in [-0.4, -0.2) is 17.0 Å². The number of aromatic nitrogens is 2. The quantitative estimate of drug-likeness (QED) is 0.791. The average Bonchev–Trinajstić information content (AvgIpc) is 2.67. The van der Waals surface area contributed by atoms with Crippen molar-refractivity contribution in [2.45, 2.75) is 0 Å². The molecule has 1 N–H and O–H groups in total. The van der Waals surface area contributed by atoms with Gasteiger partial charge in [0, 0.05) is 13.2 Å². The molecule has 0 unspecified atom stereocenters. The first-order chi connectivity index (χ1) is 6.40. The molecule has 13 heavy (non-hydrogen) atoms. The second-order valence-electron chi connectivity index (χ2n) is 2.49. The molecule has 0 bridgehead atoms. The summed E-state index contributed by atoms with van der Waals surface area (Å²) in [5.41, 5.74) is 0.925. The molecule has 3 nitrogen and oxygen atoms in total. The third-order valence-corrected chi connectivity index (χ3v) is 2.67. The van der Waals surface area contributed by atoms with E-state index in [9.17, 15) is 0 Å². The fraction of sp³-hybridized carbons (Fsp3) is 0.111. The molecular formula is C9H9N3S. The molecule has 0 atom stereocenters. The molecule has 0 aliphatic rings. The molecule has 0 aliphatic carbocycles. The van der Waals surface area contributed by atoms with Crippen LogP contribution < -0.4 is 5.32 Å². The van der Waals surface area contributed by atoms with Crippen molar-refractivity contribution < 1.29 is 0 Å². The Morgan fingerprint density at radius 1 is 1.31 bits per heavy atom. The fourth-order valence-corrected chi connectivity index (χ4v) is 1.74. The Labute approximate surface area is 80.5 Å². The van der Waals surface area contributed by atoms with Gasteiger partial charge >= 0.3 is 0 Å². The van der Waals surface area contributed by atoms with Gasteiger partial charge in [-0.05, 0) is 12.1 Å². The van der Waals surface area contributed by atoms with Gasteiger partial charge < -0.3 is 5.32 Å². The summed E-state index contributed by atoms with van der Waals surface area (Å²) >= 11 is 1.60. The lowest BCUT2D eigenvalue weighted by Gasteiger charge is -1.92. The van der Waals surface area contributed by atoms with Crippen LogP contribution in [0, 0.1) is 0 Å². The van der Waals surface area contributed by atoms with Gasteiger partial charge in [-0.1, -0.05) is 17.4 Å². The molecule has 0 amide bonds. The molecule has 0 saturated carbocycles. The van der Waals surface area contributed by atoms with Crippen molar-refractivity contribution in [2.24, 2.45) is 0 Å². The summed E-state index contributed by atoms with van der Waals surface area (Å²) < 4.78 is 0. The van der Waals surface area contributed by atoms with E-state index < -0.39 is 0 Å². The van der Waals surface area contributed by atoms with Crippen molar-refractivity contribution in [3.05, 3.63) is 30.6 Å². The molecule has 0 fully saturated rings. The predicted molar refractivity (Wildman–Crippen MR) is 54.9 cm³/mol. The Morgan fingerprint density at radius 3 is 2.85 bits per heavy atom. The second-order valence-corrected chi connectivity index (χ2v) is 3.53. The molecule has 0 saturated heterocycles. The summed E-state index contributed by atoms with van der Waals surface area (Å²) in [6.07, 6.45) is 3.59. The van der Waals surface area contributed by atoms with E-state index in [0.717, 1.165) is 15.7 Å². The van der Waals surface area contributed by atoms with Crippen molar-refractivity contribution >= 4 is 16.3 Å². The highest BCUT2D eigenvalue weighted by Gasteiger charge is 2.02. The smallest absolute Gasteiger partial charge is 0.143 e. The minimum absolute atomic E-state index is 0.925. The first-order valence-corrected chi connectivity index (χ1v) is 4.77. The van der Waals surface area contributed by atoms with Gasteiger partial charge in [0.25, 0.3) is 0 Å². The van der Waals surface area contributed by atoms with Crippen molar-refractivity contribution in [1.29, 1.82) is 0 Å². The number of nitrogens with zero attached hydrogens (tertiary/aromatic N) is 2. The summed E-state index contributed by atoms with van der Waals surface area (Å²) in [7, 11) is 1.88. The van der Waals surface area contributed by atoms with Gasteiger partial charge in [0.15, 0.2) is 0 Å². The largest absolute Gasteiger partial charge is 0.379 e. The molecule has 2 heterocycles. The monoisotopic (exact) mass is 191 g/mol. The van der Waals surface area contributed by atoms with Crippen LogP contribution in [-0.2, 0) is 0 Å². The fourth-order valence-electron chi connectivity index (χ4n) is 0.997. The molecule has 2 aromatic heterocycles. The summed E-state index contributed by atoms with van der Waals surface area (Å²) in [4.78, 5) is 8.47. The predicted octanol–water partition coefficient (Wildman–Crippen LogP) is 2.25. The number of anilines is 1. The van der Waals surface area contributed by atoms with Crippen LogP contribution in [0.25, 0.3) is 10.7 Å². The van der Waals surface area contributed by atoms with E-state index in [2.05, 4.69) is 15.3 Å². The molecule has 0 aliphatic heterocycles. The topological polar surface area (TPSA) is 37.8 Å². The number of pyridine rings is 1. The number of rotatable bonds is 2. The van der Waals surface area contributed by atoms with Gasteiger partial charge in [-0.25, -0.2) is 4.98 Å². The lowest BCUT2D eigenvalue weighted by atomic mass is 10.4. The molecule has 4 heteroatoms. The first-order valence-electron chi connectivity index (χ1n) is 3.95. The molecule has 66 valence electrons. The van der Waals surface area contributed by atoms with Crippen molar-refractivity contribution in [2.75, 3.05) is 12.4 Å². The van der Waals surface area contributed by atoms with E-state index >= 15 is 0 Å². The number of nitrogens with one attached hydrogen (secondary N) is 1. The molecule has 2 rings (SSSR count). The lowest BCUT2D eigenvalue weighted by Crippen LogP contribution is -1.80. The van der Waals surface area contributed by atoms with E-state index in [0.29, 0.717) is 0 Å². The molecule has 0 aromatic carbocycles. The van der Waals surface area contributed by atoms with E-state index in [1.165, 1.54) is 0 Å². The molecule has 0 radical (unpaired) electrons. The maximum Gasteiger partial charge on any atom is 0.143 e. The molecule has 2 aromatic rings. The van der Waals surface area contributed by atoms with Crippen LogP contribution in [0.4, 0.5) is 5.00 Å². The molecular weight excluding hydrogens is 182 g/mol. The first kappa shape index (κ1) is 8.19. The molecule has 0 spiro atoms. The van der Waals surface area contributed by atoms with Gasteiger partial charge in [-0.3, -0.25) is 4.98 Å². The van der Waals surface area contributed by atoms with Crippen LogP contribution in [0.2, 0.25) is 0 Å². The van der Waals surface area contributed by atoms with Crippen LogP contribution in [0.5, 0.6) is 0 Å². The van der Waals surface area contributed by atoms with Gasteiger partial charge in [-0.2, -0.15) is 0 Å². The van der Waals surface area contributed by atoms with Crippen LogP contribution >= 0.6 is 11.3 Å². The van der Waals surface area contributed by atoms with Crippen molar-refractivity contribution in [3.8, 4) is 10.7 Å². The Morgan fingerprint density at radius 2 is 2.23 bits per heavy atom. The SMILES string of the molecule is CNc1cnc(-c2ccccn2)s1. The number of hydrogen-bond donors (Lipinski definition) is 1. The van der Waals surface area contributed by atoms with Crippen LogP contribution in [0.3, 0.4) is 0 Å². The average molecular weight is 191 g/mol. The zero-order chi connectivity index (χ0) is 9.10. The minimum atomic E-state index is 0.925. The summed E-state index contributed by atoms with van der Waals surface area (Å²) in [6.45, 7) is 0. The van der Waals surface area contributed by atoms with Gasteiger partial charge in [-0.15, -0.1) is 0 Å². The van der Waals surface area contributed by atoms with Gasteiger partial charge in [0.2, 0.25) is 0 Å². The standard InChI is InChI=1S/C9H9N3S/c1-10-8-6-12-9(13-8)7-4-2-3-5-11-7/h2-6,10H,1H3. The zero-order valence-electron chi connectivity index (χ0n) is 7.19. The van der Waals surface area contributed by atoms with E-state index in [1.54, 1.807) is 17.5 Å². The Hall–Kier alpha value is -1.42. The Balaban J connectivity index is 2.36. The van der Waals surface area contributed by atoms with Crippen molar-refractivity contribution in [1.82, 2.24) is 9.97 Å². The normalized spacial score (nSPS) is 9.92. The second kappa shape index (κ2) is 3.53. The summed E-state index contributed by atoms with van der Waals surface area (Å²) in [6, 6.07) is 5.82. The number of hydrogen-bond acceptors (Lipinski definition) is 4. The van der Waals surface area contributed by atoms with E-state index in [4.69, 9.17) is 0 Å². The highest BCUT2D eigenvalue weighted by atomic mass is 32.1. The van der Waals surface area contributed by atoms with Crippen molar-refractivity contribution in [3.63, 3.8) is 0 Å². The van der Waals surface area contributed by atoms with E-state index in [-0.39, 0.29) is 0 Å². The van der Waals surface area contributed by atoms with E-state index in [1.807, 2.05) is 31.4 Å². The lowest BCUT2D eigenvalue weighted by molar-refractivity contribution is 1.29. The zero-order valence-corrected chi connectivity index (χ0v) is 8.01. The maximum atomic E-state index is 4.25. The van der Waals surface area contributed by atoms with Crippen LogP contribution in [0.15, 0.2) is 30.6 Å². The Bertz CT molecular complexity index is 383. The Kier molecular flexibility index (Phi) is 2.23. The number of thiazole rings is 1. The third-order valence-electron chi connectivity index (χ3n) is 1.64. The highest BCUT2D eigenvalue weighted by molar-refractivity contribution is 7.18. The van der Waals surface area contributed by atoms with Gasteiger partial charge in [0.1, 0.15) is 10.0 Å². The minimum Gasteiger partial charge on any atom is -0.379 e. The maximum absolute atomic E-state index is 4.25.